The minimum atomic E-state index is -0.257. The van der Waals surface area contributed by atoms with Gasteiger partial charge in [0.1, 0.15) is 11.6 Å². The average molecular weight is 162 g/mol. The largest absolute Gasteiger partial charge is 0.464 e. The fourth-order valence-corrected chi connectivity index (χ4v) is 1.09. The van der Waals surface area contributed by atoms with Crippen LogP contribution in [0.3, 0.4) is 0 Å². The molecule has 0 fully saturated rings. The van der Waals surface area contributed by atoms with Crippen LogP contribution in [0.25, 0.3) is 11.3 Å². The molecule has 0 N–H and O–H groups in total. The van der Waals surface area contributed by atoms with E-state index >= 15 is 0 Å². The van der Waals surface area contributed by atoms with Crippen molar-refractivity contribution >= 4 is 0 Å². The van der Waals surface area contributed by atoms with Crippen molar-refractivity contribution in [2.24, 2.45) is 0 Å². The molecule has 0 spiro atoms. The number of hydrogen-bond acceptors (Lipinski definition) is 1. The van der Waals surface area contributed by atoms with Crippen molar-refractivity contribution in [1.82, 2.24) is 0 Å². The van der Waals surface area contributed by atoms with Crippen LogP contribution in [0.4, 0.5) is 4.39 Å². The van der Waals surface area contributed by atoms with Gasteiger partial charge in [-0.25, -0.2) is 4.39 Å². The zero-order valence-electron chi connectivity index (χ0n) is 6.33. The molecule has 0 bridgehead atoms. The fourth-order valence-electron chi connectivity index (χ4n) is 1.09. The highest BCUT2D eigenvalue weighted by molar-refractivity contribution is 5.57. The molecule has 0 amide bonds. The SMILES string of the molecule is Fc1ccccc1-c1ccco1. The summed E-state index contributed by atoms with van der Waals surface area (Å²) in [5, 5.41) is 0. The maximum atomic E-state index is 13.1. The van der Waals surface area contributed by atoms with Gasteiger partial charge in [0, 0.05) is 0 Å². The second kappa shape index (κ2) is 2.81. The number of rotatable bonds is 1. The molecule has 0 saturated carbocycles. The monoisotopic (exact) mass is 162 g/mol. The first-order chi connectivity index (χ1) is 5.88. The summed E-state index contributed by atoms with van der Waals surface area (Å²) in [7, 11) is 0. The lowest BCUT2D eigenvalue weighted by Crippen LogP contribution is -1.79. The number of hydrogen-bond donors (Lipinski definition) is 0. The van der Waals surface area contributed by atoms with E-state index in [4.69, 9.17) is 4.42 Å². The number of benzene rings is 1. The van der Waals surface area contributed by atoms with Gasteiger partial charge in [-0.1, -0.05) is 12.1 Å². The third-order valence-electron chi connectivity index (χ3n) is 1.66. The van der Waals surface area contributed by atoms with Crippen molar-refractivity contribution in [2.45, 2.75) is 0 Å². The van der Waals surface area contributed by atoms with Gasteiger partial charge in [-0.15, -0.1) is 0 Å². The first kappa shape index (κ1) is 7.10. The first-order valence-electron chi connectivity index (χ1n) is 3.66. The molecule has 0 unspecified atom stereocenters. The van der Waals surface area contributed by atoms with Crippen LogP contribution < -0.4 is 0 Å². The molecule has 1 aromatic heterocycles. The van der Waals surface area contributed by atoms with Crippen molar-refractivity contribution in [2.75, 3.05) is 0 Å². The van der Waals surface area contributed by atoms with Crippen molar-refractivity contribution in [3.8, 4) is 11.3 Å². The van der Waals surface area contributed by atoms with Crippen LogP contribution in [0.2, 0.25) is 0 Å². The Morgan fingerprint density at radius 3 is 2.50 bits per heavy atom. The lowest BCUT2D eigenvalue weighted by molar-refractivity contribution is 0.569. The van der Waals surface area contributed by atoms with Crippen LogP contribution in [0.5, 0.6) is 0 Å². The van der Waals surface area contributed by atoms with E-state index in [-0.39, 0.29) is 5.82 Å². The van der Waals surface area contributed by atoms with Crippen molar-refractivity contribution in [1.29, 1.82) is 0 Å². The van der Waals surface area contributed by atoms with E-state index < -0.39 is 0 Å². The Bertz CT molecular complexity index is 365. The van der Waals surface area contributed by atoms with Crippen LogP contribution in [0.15, 0.2) is 47.1 Å². The van der Waals surface area contributed by atoms with Crippen molar-refractivity contribution < 1.29 is 8.81 Å². The second-order valence-electron chi connectivity index (χ2n) is 2.46. The molecule has 2 heteroatoms. The average Bonchev–Trinajstić information content (AvgIpc) is 2.57. The van der Waals surface area contributed by atoms with Gasteiger partial charge in [0.25, 0.3) is 0 Å². The van der Waals surface area contributed by atoms with Crippen LogP contribution in [0, 0.1) is 5.82 Å². The molecule has 0 aliphatic rings. The van der Waals surface area contributed by atoms with E-state index in [1.165, 1.54) is 12.3 Å². The summed E-state index contributed by atoms with van der Waals surface area (Å²) in [6.45, 7) is 0. The standard InChI is InChI=1S/C10H7FO/c11-9-5-2-1-4-8(9)10-6-3-7-12-10/h1-7H. The Morgan fingerprint density at radius 1 is 1.00 bits per heavy atom. The molecule has 12 heavy (non-hydrogen) atoms. The molecule has 0 aliphatic carbocycles. The van der Waals surface area contributed by atoms with Gasteiger partial charge in [0.05, 0.1) is 11.8 Å². The Labute approximate surface area is 69.4 Å². The third-order valence-corrected chi connectivity index (χ3v) is 1.66. The predicted molar refractivity (Wildman–Crippen MR) is 44.1 cm³/mol. The van der Waals surface area contributed by atoms with Crippen molar-refractivity contribution in [3.05, 3.63) is 48.5 Å². The summed E-state index contributed by atoms with van der Waals surface area (Å²) in [5.74, 6) is 0.306. The summed E-state index contributed by atoms with van der Waals surface area (Å²) in [5.41, 5.74) is 0.502. The van der Waals surface area contributed by atoms with Crippen LogP contribution in [0.1, 0.15) is 0 Å². The molecule has 0 aliphatic heterocycles. The Balaban J connectivity index is 2.55. The molecular weight excluding hydrogens is 155 g/mol. The zero-order valence-corrected chi connectivity index (χ0v) is 6.33. The van der Waals surface area contributed by atoms with Gasteiger partial charge in [-0.2, -0.15) is 0 Å². The van der Waals surface area contributed by atoms with E-state index in [9.17, 15) is 4.39 Å². The molecular formula is C10H7FO. The van der Waals surface area contributed by atoms with E-state index in [2.05, 4.69) is 0 Å². The molecule has 2 rings (SSSR count). The maximum absolute atomic E-state index is 13.1. The van der Waals surface area contributed by atoms with Gasteiger partial charge in [-0.05, 0) is 24.3 Å². The first-order valence-corrected chi connectivity index (χ1v) is 3.66. The van der Waals surface area contributed by atoms with Crippen LogP contribution in [-0.2, 0) is 0 Å². The smallest absolute Gasteiger partial charge is 0.136 e. The predicted octanol–water partition coefficient (Wildman–Crippen LogP) is 3.09. The molecule has 2 aromatic rings. The van der Waals surface area contributed by atoms with Gasteiger partial charge < -0.3 is 4.42 Å². The molecule has 0 saturated heterocycles. The third kappa shape index (κ3) is 1.11. The topological polar surface area (TPSA) is 13.1 Å². The van der Waals surface area contributed by atoms with Gasteiger partial charge in [0.15, 0.2) is 0 Å². The maximum Gasteiger partial charge on any atom is 0.136 e. The molecule has 0 atom stereocenters. The van der Waals surface area contributed by atoms with Crippen LogP contribution >= 0.6 is 0 Å². The normalized spacial score (nSPS) is 10.1. The van der Waals surface area contributed by atoms with Gasteiger partial charge in [-0.3, -0.25) is 0 Å². The fraction of sp³-hybridized carbons (Fsp3) is 0. The van der Waals surface area contributed by atoms with E-state index in [1.807, 2.05) is 0 Å². The highest BCUT2D eigenvalue weighted by Crippen LogP contribution is 2.22. The quantitative estimate of drug-likeness (QED) is 0.628. The number of halogens is 1. The highest BCUT2D eigenvalue weighted by Gasteiger charge is 2.04. The van der Waals surface area contributed by atoms with Gasteiger partial charge in [0.2, 0.25) is 0 Å². The van der Waals surface area contributed by atoms with Gasteiger partial charge >= 0.3 is 0 Å². The Morgan fingerprint density at radius 2 is 1.83 bits per heavy atom. The van der Waals surface area contributed by atoms with E-state index in [0.717, 1.165) is 0 Å². The summed E-state index contributed by atoms with van der Waals surface area (Å²) in [4.78, 5) is 0. The second-order valence-corrected chi connectivity index (χ2v) is 2.46. The molecule has 0 radical (unpaired) electrons. The minimum absolute atomic E-state index is 0.257. The molecule has 1 aromatic carbocycles. The Hall–Kier alpha value is -1.57. The Kier molecular flexibility index (Phi) is 1.67. The highest BCUT2D eigenvalue weighted by atomic mass is 19.1. The number of furan rings is 1. The summed E-state index contributed by atoms with van der Waals surface area (Å²) >= 11 is 0. The molecule has 1 nitrogen and oxygen atoms in total. The summed E-state index contributed by atoms with van der Waals surface area (Å²) in [6, 6.07) is 10.0. The van der Waals surface area contributed by atoms with Crippen molar-refractivity contribution in [3.63, 3.8) is 0 Å². The van der Waals surface area contributed by atoms with E-state index in [0.29, 0.717) is 11.3 Å². The molecule has 60 valence electrons. The minimum Gasteiger partial charge on any atom is -0.464 e. The molecule has 1 heterocycles. The zero-order chi connectivity index (χ0) is 8.39. The summed E-state index contributed by atoms with van der Waals surface area (Å²) in [6.07, 6.45) is 1.53. The van der Waals surface area contributed by atoms with Crippen LogP contribution in [-0.4, -0.2) is 0 Å². The van der Waals surface area contributed by atoms with E-state index in [1.54, 1.807) is 30.3 Å². The lowest BCUT2D eigenvalue weighted by atomic mass is 10.2. The summed E-state index contributed by atoms with van der Waals surface area (Å²) < 4.78 is 18.2. The lowest BCUT2D eigenvalue weighted by Gasteiger charge is -1.96.